The van der Waals surface area contributed by atoms with Crippen molar-refractivity contribution in [3.05, 3.63) is 35.9 Å². The fourth-order valence-corrected chi connectivity index (χ4v) is 3.22. The number of nitrogens with zero attached hydrogens (tertiary/aromatic N) is 1. The fourth-order valence-electron chi connectivity index (χ4n) is 3.22. The first-order valence-corrected chi connectivity index (χ1v) is 9.80. The maximum absolute atomic E-state index is 12.7. The first-order valence-electron chi connectivity index (χ1n) is 9.80. The van der Waals surface area contributed by atoms with Gasteiger partial charge in [-0.1, -0.05) is 51.1 Å². The molecule has 0 saturated carbocycles. The van der Waals surface area contributed by atoms with Crippen LogP contribution in [0.5, 0.6) is 0 Å². The predicted molar refractivity (Wildman–Crippen MR) is 104 cm³/mol. The summed E-state index contributed by atoms with van der Waals surface area (Å²) in [6.07, 6.45) is 3.51. The van der Waals surface area contributed by atoms with Crippen LogP contribution in [-0.2, 0) is 25.5 Å². The van der Waals surface area contributed by atoms with E-state index in [0.29, 0.717) is 13.0 Å². The molecule has 0 bridgehead atoms. The molecule has 0 unspecified atom stereocenters. The average molecular weight is 373 g/mol. The summed E-state index contributed by atoms with van der Waals surface area (Å²) in [6.45, 7) is 7.46. The SMILES string of the molecule is C[C@@H](CCc1ccccc1)OC(=O)[C@@H]1CCCCN1C(=O)C(=O)C(C)(C)C. The zero-order valence-electron chi connectivity index (χ0n) is 16.9. The Morgan fingerprint density at radius 3 is 2.44 bits per heavy atom. The van der Waals surface area contributed by atoms with E-state index in [4.69, 9.17) is 4.74 Å². The quantitative estimate of drug-likeness (QED) is 0.565. The van der Waals surface area contributed by atoms with Gasteiger partial charge in [0.1, 0.15) is 6.04 Å². The van der Waals surface area contributed by atoms with Gasteiger partial charge in [-0.25, -0.2) is 4.79 Å². The molecule has 27 heavy (non-hydrogen) atoms. The third-order valence-electron chi connectivity index (χ3n) is 4.91. The lowest BCUT2D eigenvalue weighted by atomic mass is 9.89. The van der Waals surface area contributed by atoms with Crippen molar-refractivity contribution in [3.63, 3.8) is 0 Å². The summed E-state index contributed by atoms with van der Waals surface area (Å²) in [5.41, 5.74) is 0.442. The van der Waals surface area contributed by atoms with Gasteiger partial charge in [0.25, 0.3) is 5.91 Å². The van der Waals surface area contributed by atoms with Gasteiger partial charge in [0, 0.05) is 12.0 Å². The number of Topliss-reactive ketones (excluding diaryl/α,β-unsaturated/α-hetero) is 1. The highest BCUT2D eigenvalue weighted by Crippen LogP contribution is 2.23. The van der Waals surface area contributed by atoms with Gasteiger partial charge >= 0.3 is 5.97 Å². The van der Waals surface area contributed by atoms with Crippen molar-refractivity contribution >= 4 is 17.7 Å². The maximum atomic E-state index is 12.7. The third kappa shape index (κ3) is 5.91. The fraction of sp³-hybridized carbons (Fsp3) is 0.591. The number of carbonyl (C=O) groups excluding carboxylic acids is 3. The summed E-state index contributed by atoms with van der Waals surface area (Å²) in [5.74, 6) is -1.43. The minimum absolute atomic E-state index is 0.241. The van der Waals surface area contributed by atoms with E-state index < -0.39 is 29.1 Å². The highest BCUT2D eigenvalue weighted by molar-refractivity contribution is 6.38. The zero-order chi connectivity index (χ0) is 20.0. The molecular weight excluding hydrogens is 342 g/mol. The second-order valence-electron chi connectivity index (χ2n) is 8.36. The molecule has 148 valence electrons. The Hall–Kier alpha value is -2.17. The van der Waals surface area contributed by atoms with Gasteiger partial charge in [-0.2, -0.15) is 0 Å². The van der Waals surface area contributed by atoms with E-state index in [-0.39, 0.29) is 6.10 Å². The second kappa shape index (κ2) is 9.16. The minimum Gasteiger partial charge on any atom is -0.461 e. The molecule has 0 radical (unpaired) electrons. The molecule has 0 spiro atoms. The van der Waals surface area contributed by atoms with Crippen LogP contribution in [0, 0.1) is 5.41 Å². The lowest BCUT2D eigenvalue weighted by molar-refractivity contribution is -0.163. The van der Waals surface area contributed by atoms with Crippen molar-refractivity contribution in [2.24, 2.45) is 5.41 Å². The van der Waals surface area contributed by atoms with Crippen molar-refractivity contribution < 1.29 is 19.1 Å². The van der Waals surface area contributed by atoms with Crippen molar-refractivity contribution in [1.29, 1.82) is 0 Å². The van der Waals surface area contributed by atoms with Crippen LogP contribution < -0.4 is 0 Å². The Balaban J connectivity index is 1.95. The van der Waals surface area contributed by atoms with Gasteiger partial charge in [-0.05, 0) is 44.6 Å². The molecule has 0 N–H and O–H groups in total. The number of piperidine rings is 1. The summed E-state index contributed by atoms with van der Waals surface area (Å²) >= 11 is 0. The van der Waals surface area contributed by atoms with Crippen LogP contribution in [0.1, 0.15) is 58.9 Å². The van der Waals surface area contributed by atoms with Gasteiger partial charge in [0.05, 0.1) is 6.10 Å². The van der Waals surface area contributed by atoms with E-state index in [2.05, 4.69) is 0 Å². The number of carbonyl (C=O) groups is 3. The van der Waals surface area contributed by atoms with Gasteiger partial charge in [0.15, 0.2) is 0 Å². The second-order valence-corrected chi connectivity index (χ2v) is 8.36. The Morgan fingerprint density at radius 2 is 1.81 bits per heavy atom. The molecule has 5 nitrogen and oxygen atoms in total. The highest BCUT2D eigenvalue weighted by atomic mass is 16.5. The Kier molecular flexibility index (Phi) is 7.17. The van der Waals surface area contributed by atoms with E-state index in [0.717, 1.165) is 25.7 Å². The molecule has 1 aliphatic heterocycles. The molecule has 1 fully saturated rings. The van der Waals surface area contributed by atoms with E-state index >= 15 is 0 Å². The summed E-state index contributed by atoms with van der Waals surface area (Å²) < 4.78 is 5.61. The van der Waals surface area contributed by atoms with E-state index in [1.165, 1.54) is 10.5 Å². The molecule has 0 aliphatic carbocycles. The van der Waals surface area contributed by atoms with E-state index in [9.17, 15) is 14.4 Å². The molecule has 1 aromatic rings. The molecule has 1 amide bonds. The summed E-state index contributed by atoms with van der Waals surface area (Å²) in [4.78, 5) is 39.1. The normalized spacial score (nSPS) is 18.7. The number of amides is 1. The molecule has 1 saturated heterocycles. The van der Waals surface area contributed by atoms with E-state index in [1.807, 2.05) is 37.3 Å². The highest BCUT2D eigenvalue weighted by Gasteiger charge is 2.39. The van der Waals surface area contributed by atoms with Gasteiger partial charge < -0.3 is 9.64 Å². The van der Waals surface area contributed by atoms with Crippen molar-refractivity contribution in [1.82, 2.24) is 4.90 Å². The standard InChI is InChI=1S/C22H31NO4/c1-16(13-14-17-10-6-5-7-11-17)27-21(26)18-12-8-9-15-23(18)20(25)19(24)22(2,3)4/h5-7,10-11,16,18H,8-9,12-15H2,1-4H3/t16-,18-/m0/s1. The van der Waals surface area contributed by atoms with Crippen molar-refractivity contribution in [2.75, 3.05) is 6.54 Å². The molecule has 1 heterocycles. The van der Waals surface area contributed by atoms with Crippen LogP contribution in [0.4, 0.5) is 0 Å². The van der Waals surface area contributed by atoms with Gasteiger partial charge in [-0.15, -0.1) is 0 Å². The van der Waals surface area contributed by atoms with Crippen LogP contribution in [0.3, 0.4) is 0 Å². The van der Waals surface area contributed by atoms with Gasteiger partial charge in [-0.3, -0.25) is 9.59 Å². The van der Waals surface area contributed by atoms with Crippen LogP contribution in [0.2, 0.25) is 0 Å². The Morgan fingerprint density at radius 1 is 1.15 bits per heavy atom. The molecule has 0 aromatic heterocycles. The Labute approximate surface area is 162 Å². The number of ether oxygens (including phenoxy) is 1. The number of likely N-dealkylation sites (tertiary alicyclic amines) is 1. The van der Waals surface area contributed by atoms with Crippen LogP contribution >= 0.6 is 0 Å². The first-order chi connectivity index (χ1) is 12.7. The maximum Gasteiger partial charge on any atom is 0.329 e. The minimum atomic E-state index is -0.758. The van der Waals surface area contributed by atoms with Gasteiger partial charge in [0.2, 0.25) is 5.78 Å². The Bertz CT molecular complexity index is 663. The van der Waals surface area contributed by atoms with Crippen molar-refractivity contribution in [2.45, 2.75) is 71.9 Å². The molecular formula is C22H31NO4. The molecule has 5 heteroatoms. The lowest BCUT2D eigenvalue weighted by Crippen LogP contribution is -2.53. The number of rotatable bonds is 6. The van der Waals surface area contributed by atoms with Crippen molar-refractivity contribution in [3.8, 4) is 0 Å². The molecule has 2 atom stereocenters. The number of hydrogen-bond acceptors (Lipinski definition) is 4. The summed E-state index contributed by atoms with van der Waals surface area (Å²) in [6, 6.07) is 9.40. The van der Waals surface area contributed by atoms with Crippen LogP contribution in [0.15, 0.2) is 30.3 Å². The third-order valence-corrected chi connectivity index (χ3v) is 4.91. The molecule has 1 aromatic carbocycles. The lowest BCUT2D eigenvalue weighted by Gasteiger charge is -2.35. The topological polar surface area (TPSA) is 63.7 Å². The van der Waals surface area contributed by atoms with Crippen LogP contribution in [0.25, 0.3) is 0 Å². The van der Waals surface area contributed by atoms with Crippen LogP contribution in [-0.4, -0.2) is 41.3 Å². The smallest absolute Gasteiger partial charge is 0.329 e. The predicted octanol–water partition coefficient (Wildman–Crippen LogP) is 3.55. The first kappa shape index (κ1) is 21.1. The average Bonchev–Trinajstić information content (AvgIpc) is 2.65. The largest absolute Gasteiger partial charge is 0.461 e. The number of benzene rings is 1. The number of hydrogen-bond donors (Lipinski definition) is 0. The molecule has 2 rings (SSSR count). The summed E-state index contributed by atoms with van der Waals surface area (Å²) in [7, 11) is 0. The number of ketones is 1. The monoisotopic (exact) mass is 373 g/mol. The van der Waals surface area contributed by atoms with E-state index in [1.54, 1.807) is 20.8 Å². The zero-order valence-corrected chi connectivity index (χ0v) is 16.9. The molecule has 1 aliphatic rings. The summed E-state index contributed by atoms with van der Waals surface area (Å²) in [5, 5.41) is 0. The number of esters is 1. The number of aryl methyl sites for hydroxylation is 1.